The molecule has 0 radical (unpaired) electrons. The fourth-order valence-electron chi connectivity index (χ4n) is 1.02. The number of aromatic amines is 1. The molecule has 60 valence electrons. The van der Waals surface area contributed by atoms with Crippen LogP contribution in [0, 0.1) is 18.4 Å². The van der Waals surface area contributed by atoms with E-state index in [-0.39, 0.29) is 0 Å². The molecule has 2 N–H and O–H groups in total. The van der Waals surface area contributed by atoms with Gasteiger partial charge in [-0.2, -0.15) is 0 Å². The van der Waals surface area contributed by atoms with Crippen LogP contribution < -0.4 is 5.32 Å². The molecule has 1 aromatic rings. The van der Waals surface area contributed by atoms with Gasteiger partial charge < -0.3 is 10.3 Å². The maximum absolute atomic E-state index is 5.20. The zero-order valence-electron chi connectivity index (χ0n) is 6.99. The van der Waals surface area contributed by atoms with Crippen LogP contribution in [0.5, 0.6) is 0 Å². The van der Waals surface area contributed by atoms with Crippen LogP contribution in [0.2, 0.25) is 0 Å². The largest absolute Gasteiger partial charge is 0.386 e. The van der Waals surface area contributed by atoms with Gasteiger partial charge in [0.05, 0.1) is 10.2 Å². The Kier molecular flexibility index (Phi) is 2.29. The molecule has 1 heterocycles. The lowest BCUT2D eigenvalue weighted by atomic mass is 10.2. The predicted octanol–water partition coefficient (Wildman–Crippen LogP) is 2.40. The van der Waals surface area contributed by atoms with Crippen molar-refractivity contribution in [1.29, 1.82) is 0 Å². The Balaban J connectivity index is 3.41. The van der Waals surface area contributed by atoms with E-state index in [1.54, 1.807) is 0 Å². The zero-order chi connectivity index (χ0) is 8.43. The molecule has 0 aliphatic heterocycles. The molecular formula is C8H12N2S. The number of anilines is 1. The van der Waals surface area contributed by atoms with E-state index in [1.807, 2.05) is 27.1 Å². The first-order chi connectivity index (χ1) is 5.16. The number of rotatable bonds is 1. The molecule has 0 unspecified atom stereocenters. The Bertz CT molecular complexity index is 314. The summed E-state index contributed by atoms with van der Waals surface area (Å²) in [5, 5.41) is 3.07. The van der Waals surface area contributed by atoms with Gasteiger partial charge >= 0.3 is 0 Å². The van der Waals surface area contributed by atoms with Crippen molar-refractivity contribution in [1.82, 2.24) is 4.98 Å². The Labute approximate surface area is 71.7 Å². The maximum Gasteiger partial charge on any atom is 0.0717 e. The van der Waals surface area contributed by atoms with Crippen molar-refractivity contribution in [2.24, 2.45) is 0 Å². The van der Waals surface area contributed by atoms with E-state index in [1.165, 1.54) is 0 Å². The number of aromatic nitrogens is 1. The molecule has 1 rings (SSSR count). The number of pyridine rings is 1. The van der Waals surface area contributed by atoms with Gasteiger partial charge in [0.15, 0.2) is 0 Å². The molecule has 1 aromatic heterocycles. The molecule has 0 atom stereocenters. The minimum absolute atomic E-state index is 0.906. The van der Waals surface area contributed by atoms with E-state index in [0.717, 1.165) is 21.5 Å². The molecule has 0 saturated carbocycles. The zero-order valence-corrected chi connectivity index (χ0v) is 7.80. The highest BCUT2D eigenvalue weighted by Crippen LogP contribution is 2.15. The van der Waals surface area contributed by atoms with Gasteiger partial charge in [0.1, 0.15) is 0 Å². The molecule has 2 nitrogen and oxygen atoms in total. The second kappa shape index (κ2) is 3.05. The summed E-state index contributed by atoms with van der Waals surface area (Å²) in [6, 6.07) is 0. The molecule has 3 heteroatoms. The summed E-state index contributed by atoms with van der Waals surface area (Å²) < 4.78 is 0.906. The van der Waals surface area contributed by atoms with Crippen molar-refractivity contribution in [3.8, 4) is 0 Å². The minimum atomic E-state index is 0.906. The SMILES string of the molecule is CNc1c(C)[nH]cc(C)c1=S. The molecule has 0 aliphatic rings. The third kappa shape index (κ3) is 1.43. The van der Waals surface area contributed by atoms with Crippen LogP contribution in [-0.2, 0) is 0 Å². The van der Waals surface area contributed by atoms with Gasteiger partial charge in [-0.3, -0.25) is 0 Å². The molecule has 0 aliphatic carbocycles. The van der Waals surface area contributed by atoms with Crippen LogP contribution >= 0.6 is 12.2 Å². The summed E-state index contributed by atoms with van der Waals surface area (Å²) >= 11 is 5.20. The highest BCUT2D eigenvalue weighted by atomic mass is 32.1. The molecule has 0 amide bonds. The molecular weight excluding hydrogens is 156 g/mol. The Morgan fingerprint density at radius 1 is 1.45 bits per heavy atom. The summed E-state index contributed by atoms with van der Waals surface area (Å²) in [7, 11) is 1.88. The first-order valence-electron chi connectivity index (χ1n) is 3.53. The smallest absolute Gasteiger partial charge is 0.0717 e. The van der Waals surface area contributed by atoms with Crippen molar-refractivity contribution >= 4 is 17.9 Å². The van der Waals surface area contributed by atoms with Crippen LogP contribution in [0.15, 0.2) is 6.20 Å². The lowest BCUT2D eigenvalue weighted by Crippen LogP contribution is -1.96. The van der Waals surface area contributed by atoms with E-state index in [0.29, 0.717) is 0 Å². The molecule has 0 fully saturated rings. The summed E-state index contributed by atoms with van der Waals surface area (Å²) in [5.41, 5.74) is 3.22. The van der Waals surface area contributed by atoms with E-state index >= 15 is 0 Å². The quantitative estimate of drug-likeness (QED) is 0.630. The van der Waals surface area contributed by atoms with Crippen LogP contribution in [0.3, 0.4) is 0 Å². The van der Waals surface area contributed by atoms with Gasteiger partial charge in [-0.1, -0.05) is 12.2 Å². The first-order valence-corrected chi connectivity index (χ1v) is 3.94. The molecule has 0 saturated heterocycles. The highest BCUT2D eigenvalue weighted by Gasteiger charge is 1.98. The van der Waals surface area contributed by atoms with Gasteiger partial charge in [-0.15, -0.1) is 0 Å². The Morgan fingerprint density at radius 3 is 2.55 bits per heavy atom. The summed E-state index contributed by atoms with van der Waals surface area (Å²) in [6.45, 7) is 4.00. The number of hydrogen-bond acceptors (Lipinski definition) is 2. The Morgan fingerprint density at radius 2 is 2.09 bits per heavy atom. The highest BCUT2D eigenvalue weighted by molar-refractivity contribution is 7.71. The molecule has 0 spiro atoms. The second-order valence-corrected chi connectivity index (χ2v) is 2.96. The maximum atomic E-state index is 5.20. The van der Waals surface area contributed by atoms with E-state index < -0.39 is 0 Å². The van der Waals surface area contributed by atoms with Crippen molar-refractivity contribution < 1.29 is 0 Å². The average Bonchev–Trinajstić information content (AvgIpc) is 1.99. The van der Waals surface area contributed by atoms with Gasteiger partial charge in [0, 0.05) is 18.9 Å². The number of H-pyrrole nitrogens is 1. The topological polar surface area (TPSA) is 27.8 Å². The van der Waals surface area contributed by atoms with Gasteiger partial charge in [0.2, 0.25) is 0 Å². The lowest BCUT2D eigenvalue weighted by molar-refractivity contribution is 1.16. The number of hydrogen-bond donors (Lipinski definition) is 2. The van der Waals surface area contributed by atoms with E-state index in [4.69, 9.17) is 12.2 Å². The number of nitrogens with one attached hydrogen (secondary N) is 2. The third-order valence-electron chi connectivity index (χ3n) is 1.72. The second-order valence-electron chi connectivity index (χ2n) is 2.55. The van der Waals surface area contributed by atoms with Crippen LogP contribution in [0.4, 0.5) is 5.69 Å². The summed E-state index contributed by atoms with van der Waals surface area (Å²) in [4.78, 5) is 3.13. The lowest BCUT2D eigenvalue weighted by Gasteiger charge is -2.05. The van der Waals surface area contributed by atoms with Gasteiger partial charge in [-0.05, 0) is 19.4 Å². The number of aryl methyl sites for hydroxylation is 2. The van der Waals surface area contributed by atoms with E-state index in [9.17, 15) is 0 Å². The first kappa shape index (κ1) is 8.27. The third-order valence-corrected chi connectivity index (χ3v) is 2.24. The summed E-state index contributed by atoms with van der Waals surface area (Å²) in [6.07, 6.45) is 1.93. The van der Waals surface area contributed by atoms with Crippen LogP contribution in [-0.4, -0.2) is 12.0 Å². The van der Waals surface area contributed by atoms with Gasteiger partial charge in [0.25, 0.3) is 0 Å². The van der Waals surface area contributed by atoms with Gasteiger partial charge in [-0.25, -0.2) is 0 Å². The summed E-state index contributed by atoms with van der Waals surface area (Å²) in [5.74, 6) is 0. The predicted molar refractivity (Wildman–Crippen MR) is 50.6 cm³/mol. The van der Waals surface area contributed by atoms with E-state index in [2.05, 4.69) is 10.3 Å². The van der Waals surface area contributed by atoms with Crippen LogP contribution in [0.1, 0.15) is 11.3 Å². The monoisotopic (exact) mass is 168 g/mol. The van der Waals surface area contributed by atoms with Crippen LogP contribution in [0.25, 0.3) is 0 Å². The minimum Gasteiger partial charge on any atom is -0.386 e. The van der Waals surface area contributed by atoms with Crippen molar-refractivity contribution in [3.05, 3.63) is 22.0 Å². The van der Waals surface area contributed by atoms with Crippen molar-refractivity contribution in [2.45, 2.75) is 13.8 Å². The van der Waals surface area contributed by atoms with Crippen molar-refractivity contribution in [2.75, 3.05) is 12.4 Å². The van der Waals surface area contributed by atoms with Crippen molar-refractivity contribution in [3.63, 3.8) is 0 Å². The Hall–Kier alpha value is -0.830. The molecule has 0 bridgehead atoms. The standard InChI is InChI=1S/C8H12N2S/c1-5-4-10-6(2)7(9-3)8(5)11/h4,9H,1-3H3,(H,10,11). The average molecular weight is 168 g/mol. The molecule has 0 aromatic carbocycles. The fourth-order valence-corrected chi connectivity index (χ4v) is 1.34. The molecule has 11 heavy (non-hydrogen) atoms. The normalized spacial score (nSPS) is 9.73. The fraction of sp³-hybridized carbons (Fsp3) is 0.375.